The van der Waals surface area contributed by atoms with Gasteiger partial charge < -0.3 is 9.47 Å². The smallest absolute Gasteiger partial charge is 0.233 e. The molecule has 0 atom stereocenters. The molecule has 31 heavy (non-hydrogen) atoms. The fourth-order valence-electron chi connectivity index (χ4n) is 3.52. The summed E-state index contributed by atoms with van der Waals surface area (Å²) in [5.41, 5.74) is 0.958. The molecule has 4 rings (SSSR count). The summed E-state index contributed by atoms with van der Waals surface area (Å²) >= 11 is 15.1. The highest BCUT2D eigenvalue weighted by Crippen LogP contribution is 2.26. The molecule has 0 unspecified atom stereocenters. The van der Waals surface area contributed by atoms with Crippen molar-refractivity contribution in [2.45, 2.75) is 25.2 Å². The zero-order valence-corrected chi connectivity index (χ0v) is 20.3. The molecular formula is C21H23Cl2N5OS2. The number of halogens is 2. The van der Waals surface area contributed by atoms with Crippen LogP contribution in [0.1, 0.15) is 11.8 Å². The Hall–Kier alpha value is -1.58. The van der Waals surface area contributed by atoms with E-state index in [2.05, 4.69) is 28.1 Å². The molecule has 1 aliphatic heterocycles. The van der Waals surface area contributed by atoms with Crippen LogP contribution in [0, 0.1) is 0 Å². The highest BCUT2D eigenvalue weighted by Gasteiger charge is 2.22. The lowest BCUT2D eigenvalue weighted by molar-refractivity contribution is -0.130. The first-order chi connectivity index (χ1) is 15.0. The molecule has 3 heterocycles. The van der Waals surface area contributed by atoms with Crippen LogP contribution in [0.15, 0.2) is 41.6 Å². The number of hydrogen-bond donors (Lipinski definition) is 0. The van der Waals surface area contributed by atoms with Crippen LogP contribution >= 0.6 is 46.3 Å². The Morgan fingerprint density at radius 2 is 1.81 bits per heavy atom. The third-order valence-corrected chi connectivity index (χ3v) is 7.61. The van der Waals surface area contributed by atoms with E-state index in [0.29, 0.717) is 10.8 Å². The quantitative estimate of drug-likeness (QED) is 0.441. The van der Waals surface area contributed by atoms with Crippen molar-refractivity contribution in [3.63, 3.8) is 0 Å². The highest BCUT2D eigenvalue weighted by molar-refractivity contribution is 7.99. The van der Waals surface area contributed by atoms with Crippen molar-refractivity contribution in [3.8, 4) is 11.4 Å². The molecule has 164 valence electrons. The summed E-state index contributed by atoms with van der Waals surface area (Å²) in [5, 5.41) is 10.1. The number of hydrogen-bond acceptors (Lipinski definition) is 6. The second-order valence-electron chi connectivity index (χ2n) is 7.21. The number of carbonyl (C=O) groups excluding carboxylic acids is 1. The molecule has 0 N–H and O–H groups in total. The molecule has 0 saturated carbocycles. The largest absolute Gasteiger partial charge is 0.339 e. The Balaban J connectivity index is 1.30. The lowest BCUT2D eigenvalue weighted by Crippen LogP contribution is -2.48. The molecule has 3 aromatic rings. The van der Waals surface area contributed by atoms with Crippen LogP contribution in [0.4, 0.5) is 0 Å². The second kappa shape index (κ2) is 10.4. The molecule has 1 saturated heterocycles. The van der Waals surface area contributed by atoms with Crippen molar-refractivity contribution in [2.24, 2.45) is 0 Å². The van der Waals surface area contributed by atoms with Gasteiger partial charge in [0.05, 0.1) is 10.1 Å². The first-order valence-electron chi connectivity index (χ1n) is 10.1. The average molecular weight is 496 g/mol. The van der Waals surface area contributed by atoms with E-state index in [1.807, 2.05) is 39.8 Å². The fourth-order valence-corrected chi connectivity index (χ4v) is 5.68. The number of rotatable bonds is 7. The van der Waals surface area contributed by atoms with Crippen molar-refractivity contribution in [3.05, 3.63) is 50.6 Å². The lowest BCUT2D eigenvalue weighted by atomic mass is 10.2. The maximum Gasteiger partial charge on any atom is 0.233 e. The number of carbonyl (C=O) groups is 1. The van der Waals surface area contributed by atoms with Crippen molar-refractivity contribution in [1.29, 1.82) is 0 Å². The fraction of sp³-hybridized carbons (Fsp3) is 0.381. The Morgan fingerprint density at radius 1 is 1.06 bits per heavy atom. The van der Waals surface area contributed by atoms with Gasteiger partial charge in [-0.3, -0.25) is 9.69 Å². The first kappa shape index (κ1) is 22.6. The van der Waals surface area contributed by atoms with Crippen LogP contribution in [-0.2, 0) is 17.9 Å². The SMILES string of the molecule is CCn1c(SCC(=O)N2CCN(Cc3ccc(Cl)s3)CC2)nnc1-c1ccc(Cl)cc1. The van der Waals surface area contributed by atoms with Gasteiger partial charge in [0.25, 0.3) is 0 Å². The molecular weight excluding hydrogens is 473 g/mol. The zero-order valence-electron chi connectivity index (χ0n) is 17.1. The number of amides is 1. The van der Waals surface area contributed by atoms with Crippen molar-refractivity contribution in [1.82, 2.24) is 24.6 Å². The van der Waals surface area contributed by atoms with Crippen LogP contribution in [0.3, 0.4) is 0 Å². The third kappa shape index (κ3) is 5.62. The average Bonchev–Trinajstić information content (AvgIpc) is 3.38. The van der Waals surface area contributed by atoms with Crippen LogP contribution < -0.4 is 0 Å². The molecule has 1 amide bonds. The summed E-state index contributed by atoms with van der Waals surface area (Å²) in [7, 11) is 0. The number of thioether (sulfide) groups is 1. The Kier molecular flexibility index (Phi) is 7.55. The highest BCUT2D eigenvalue weighted by atomic mass is 35.5. The lowest BCUT2D eigenvalue weighted by Gasteiger charge is -2.34. The van der Waals surface area contributed by atoms with Crippen molar-refractivity contribution in [2.75, 3.05) is 31.9 Å². The van der Waals surface area contributed by atoms with Crippen molar-refractivity contribution >= 4 is 52.2 Å². The summed E-state index contributed by atoms with van der Waals surface area (Å²) in [6.45, 7) is 6.91. The molecule has 1 fully saturated rings. The number of aromatic nitrogens is 3. The standard InChI is InChI=1S/C21H23Cl2N5OS2/c1-2-28-20(15-3-5-16(22)6-4-15)24-25-21(28)30-14-19(29)27-11-9-26(10-12-27)13-17-7-8-18(23)31-17/h3-8H,2,9-14H2,1H3. The van der Waals surface area contributed by atoms with Gasteiger partial charge >= 0.3 is 0 Å². The summed E-state index contributed by atoms with van der Waals surface area (Å²) in [6, 6.07) is 11.6. The van der Waals surface area contributed by atoms with E-state index in [0.717, 1.165) is 60.1 Å². The summed E-state index contributed by atoms with van der Waals surface area (Å²) in [5.74, 6) is 1.29. The van der Waals surface area contributed by atoms with E-state index >= 15 is 0 Å². The van der Waals surface area contributed by atoms with Gasteiger partial charge in [-0.25, -0.2) is 0 Å². The van der Waals surface area contributed by atoms with Crippen LogP contribution in [0.2, 0.25) is 9.36 Å². The summed E-state index contributed by atoms with van der Waals surface area (Å²) < 4.78 is 2.85. The minimum Gasteiger partial charge on any atom is -0.339 e. The maximum atomic E-state index is 12.8. The molecule has 1 aromatic carbocycles. The molecule has 0 spiro atoms. The number of thiophene rings is 1. The normalized spacial score (nSPS) is 14.9. The van der Waals surface area contributed by atoms with E-state index in [4.69, 9.17) is 23.2 Å². The van der Waals surface area contributed by atoms with E-state index in [1.165, 1.54) is 16.6 Å². The van der Waals surface area contributed by atoms with Gasteiger partial charge in [0, 0.05) is 54.7 Å². The topological polar surface area (TPSA) is 54.3 Å². The summed E-state index contributed by atoms with van der Waals surface area (Å²) in [6.07, 6.45) is 0. The van der Waals surface area contributed by atoms with Crippen molar-refractivity contribution < 1.29 is 4.79 Å². The molecule has 0 bridgehead atoms. The number of benzene rings is 1. The monoisotopic (exact) mass is 495 g/mol. The van der Waals surface area contributed by atoms with Gasteiger partial charge in [-0.15, -0.1) is 21.5 Å². The predicted octanol–water partition coefficient (Wildman–Crippen LogP) is 4.77. The third-order valence-electron chi connectivity index (χ3n) is 5.19. The number of piperazine rings is 1. The Bertz CT molecular complexity index is 1030. The first-order valence-corrected chi connectivity index (χ1v) is 12.7. The predicted molar refractivity (Wildman–Crippen MR) is 128 cm³/mol. The zero-order chi connectivity index (χ0) is 21.8. The molecule has 10 heteroatoms. The Labute approximate surface area is 200 Å². The van der Waals surface area contributed by atoms with Gasteiger partial charge in [0.15, 0.2) is 11.0 Å². The molecule has 2 aromatic heterocycles. The van der Waals surface area contributed by atoms with Gasteiger partial charge in [0.1, 0.15) is 0 Å². The maximum absolute atomic E-state index is 12.8. The van der Waals surface area contributed by atoms with E-state index < -0.39 is 0 Å². The van der Waals surface area contributed by atoms with Crippen LogP contribution in [-0.4, -0.2) is 62.4 Å². The number of nitrogens with zero attached hydrogens (tertiary/aromatic N) is 5. The van der Waals surface area contributed by atoms with E-state index in [1.54, 1.807) is 11.3 Å². The molecule has 1 aliphatic rings. The van der Waals surface area contributed by atoms with E-state index in [-0.39, 0.29) is 5.91 Å². The van der Waals surface area contributed by atoms with Crippen LogP contribution in [0.5, 0.6) is 0 Å². The molecule has 6 nitrogen and oxygen atoms in total. The minimum atomic E-state index is 0.141. The minimum absolute atomic E-state index is 0.141. The van der Waals surface area contributed by atoms with Gasteiger partial charge in [-0.1, -0.05) is 35.0 Å². The molecule has 0 radical (unpaired) electrons. The van der Waals surface area contributed by atoms with Gasteiger partial charge in [0.2, 0.25) is 5.91 Å². The second-order valence-corrected chi connectivity index (χ2v) is 10.4. The summed E-state index contributed by atoms with van der Waals surface area (Å²) in [4.78, 5) is 18.3. The molecule has 0 aliphatic carbocycles. The van der Waals surface area contributed by atoms with Gasteiger partial charge in [-0.2, -0.15) is 0 Å². The Morgan fingerprint density at radius 3 is 2.45 bits per heavy atom. The van der Waals surface area contributed by atoms with Gasteiger partial charge in [-0.05, 0) is 43.3 Å². The van der Waals surface area contributed by atoms with E-state index in [9.17, 15) is 4.79 Å². The van der Waals surface area contributed by atoms with Crippen LogP contribution in [0.25, 0.3) is 11.4 Å².